The molecule has 0 saturated carbocycles. The van der Waals surface area contributed by atoms with Gasteiger partial charge in [-0.25, -0.2) is 0 Å². The minimum atomic E-state index is -0.422. The van der Waals surface area contributed by atoms with E-state index < -0.39 is 6.10 Å². The summed E-state index contributed by atoms with van der Waals surface area (Å²) in [6.45, 7) is 3.40. The number of amides is 1. The van der Waals surface area contributed by atoms with Crippen molar-refractivity contribution in [2.75, 3.05) is 20.1 Å². The molecule has 0 radical (unpaired) electrons. The highest BCUT2D eigenvalue weighted by Crippen LogP contribution is 2.09. The lowest BCUT2D eigenvalue weighted by Crippen LogP contribution is -2.52. The van der Waals surface area contributed by atoms with E-state index in [2.05, 4.69) is 10.2 Å². The van der Waals surface area contributed by atoms with E-state index in [4.69, 9.17) is 0 Å². The maximum atomic E-state index is 11.1. The molecule has 1 saturated heterocycles. The number of likely N-dealkylation sites (N-methyl/N-ethyl adjacent to an activating group) is 1. The van der Waals surface area contributed by atoms with Crippen LogP contribution in [-0.4, -0.2) is 48.2 Å². The zero-order valence-electron chi connectivity index (χ0n) is 8.29. The summed E-state index contributed by atoms with van der Waals surface area (Å²) in [5, 5.41) is 12.5. The zero-order chi connectivity index (χ0) is 9.84. The fourth-order valence-electron chi connectivity index (χ4n) is 1.57. The van der Waals surface area contributed by atoms with Gasteiger partial charge < -0.3 is 15.3 Å². The summed E-state index contributed by atoms with van der Waals surface area (Å²) in [6, 6.07) is -0.0522. The minimum absolute atomic E-state index is 0.0219. The number of hydrogen-bond acceptors (Lipinski definition) is 3. The van der Waals surface area contributed by atoms with E-state index in [1.807, 2.05) is 14.0 Å². The number of carbonyl (C=O) groups excluding carboxylic acids is 1. The van der Waals surface area contributed by atoms with Crippen LogP contribution in [0.2, 0.25) is 0 Å². The van der Waals surface area contributed by atoms with Gasteiger partial charge >= 0.3 is 0 Å². The highest BCUT2D eigenvalue weighted by Gasteiger charge is 2.26. The summed E-state index contributed by atoms with van der Waals surface area (Å²) in [7, 11) is 1.97. The normalized spacial score (nSPS) is 30.1. The molecule has 2 N–H and O–H groups in total. The van der Waals surface area contributed by atoms with E-state index in [9.17, 15) is 9.90 Å². The van der Waals surface area contributed by atoms with Crippen molar-refractivity contribution in [3.05, 3.63) is 0 Å². The van der Waals surface area contributed by atoms with E-state index in [-0.39, 0.29) is 11.9 Å². The van der Waals surface area contributed by atoms with Gasteiger partial charge in [-0.3, -0.25) is 4.79 Å². The molecule has 0 aromatic rings. The Bertz CT molecular complexity index is 184. The number of piperidine rings is 1. The van der Waals surface area contributed by atoms with Crippen LogP contribution >= 0.6 is 0 Å². The summed E-state index contributed by atoms with van der Waals surface area (Å²) in [5.41, 5.74) is 0. The van der Waals surface area contributed by atoms with Gasteiger partial charge in [-0.05, 0) is 20.0 Å². The predicted octanol–water partition coefficient (Wildman–Crippen LogP) is -0.422. The van der Waals surface area contributed by atoms with Crippen molar-refractivity contribution in [3.8, 4) is 0 Å². The van der Waals surface area contributed by atoms with E-state index in [1.165, 1.54) is 0 Å². The molecule has 13 heavy (non-hydrogen) atoms. The first kappa shape index (κ1) is 10.5. The molecule has 1 rings (SSSR count). The molecule has 0 spiro atoms. The van der Waals surface area contributed by atoms with Gasteiger partial charge in [0.25, 0.3) is 0 Å². The Labute approximate surface area is 78.9 Å². The first-order chi connectivity index (χ1) is 6.13. The van der Waals surface area contributed by atoms with Crippen LogP contribution in [0.1, 0.15) is 19.8 Å². The zero-order valence-corrected chi connectivity index (χ0v) is 8.29. The van der Waals surface area contributed by atoms with Crippen LogP contribution in [0.15, 0.2) is 0 Å². The average molecular weight is 186 g/mol. The number of nitrogens with zero attached hydrogens (tertiary/aromatic N) is 1. The molecule has 0 aliphatic carbocycles. The summed E-state index contributed by atoms with van der Waals surface area (Å²) < 4.78 is 0. The van der Waals surface area contributed by atoms with Gasteiger partial charge in [-0.2, -0.15) is 0 Å². The van der Waals surface area contributed by atoms with Crippen molar-refractivity contribution >= 4 is 5.91 Å². The fourth-order valence-corrected chi connectivity index (χ4v) is 1.57. The van der Waals surface area contributed by atoms with Crippen LogP contribution in [0.4, 0.5) is 0 Å². The highest BCUT2D eigenvalue weighted by atomic mass is 16.3. The monoisotopic (exact) mass is 186 g/mol. The Balaban J connectivity index is 2.38. The Hall–Kier alpha value is -0.610. The van der Waals surface area contributed by atoms with Crippen LogP contribution in [0.5, 0.6) is 0 Å². The summed E-state index contributed by atoms with van der Waals surface area (Å²) >= 11 is 0. The topological polar surface area (TPSA) is 52.6 Å². The summed E-state index contributed by atoms with van der Waals surface area (Å²) in [6.07, 6.45) is 0.900. The molecule has 0 aromatic carbocycles. The largest absolute Gasteiger partial charge is 0.390 e. The molecule has 4 heteroatoms. The van der Waals surface area contributed by atoms with E-state index in [0.29, 0.717) is 13.0 Å². The first-order valence-electron chi connectivity index (χ1n) is 4.79. The molecule has 1 amide bonds. The molecule has 0 bridgehead atoms. The Morgan fingerprint density at radius 3 is 2.92 bits per heavy atom. The first-order valence-corrected chi connectivity index (χ1v) is 4.79. The molecule has 4 nitrogen and oxygen atoms in total. The average Bonchev–Trinajstić information content (AvgIpc) is 2.09. The number of β-amino-alcohol motifs (C(OH)–C–C–N with tert-alkyl or cyclic N) is 1. The van der Waals surface area contributed by atoms with Gasteiger partial charge in [0.05, 0.1) is 12.1 Å². The third-order valence-electron chi connectivity index (χ3n) is 2.45. The smallest absolute Gasteiger partial charge is 0.220 e. The van der Waals surface area contributed by atoms with Crippen LogP contribution in [0.25, 0.3) is 0 Å². The predicted molar refractivity (Wildman–Crippen MR) is 50.3 cm³/mol. The lowest BCUT2D eigenvalue weighted by atomic mass is 10.0. The molecule has 1 fully saturated rings. The maximum Gasteiger partial charge on any atom is 0.220 e. The van der Waals surface area contributed by atoms with Crippen molar-refractivity contribution in [1.29, 1.82) is 0 Å². The van der Waals surface area contributed by atoms with Gasteiger partial charge in [0.1, 0.15) is 0 Å². The van der Waals surface area contributed by atoms with Gasteiger partial charge in [0, 0.05) is 13.0 Å². The molecule has 0 aromatic heterocycles. The third-order valence-corrected chi connectivity index (χ3v) is 2.45. The van der Waals surface area contributed by atoms with Crippen LogP contribution in [0, 0.1) is 0 Å². The fraction of sp³-hybridized carbons (Fsp3) is 0.889. The quantitative estimate of drug-likeness (QED) is 0.615. The van der Waals surface area contributed by atoms with E-state index >= 15 is 0 Å². The van der Waals surface area contributed by atoms with Crippen molar-refractivity contribution in [2.24, 2.45) is 0 Å². The number of aliphatic hydroxyl groups excluding tert-OH is 1. The second-order valence-corrected chi connectivity index (χ2v) is 3.65. The number of hydrogen-bond donors (Lipinski definition) is 2. The minimum Gasteiger partial charge on any atom is -0.390 e. The van der Waals surface area contributed by atoms with Crippen molar-refractivity contribution < 1.29 is 9.90 Å². The Morgan fingerprint density at radius 1 is 1.69 bits per heavy atom. The third kappa shape index (κ3) is 2.97. The number of likely N-dealkylation sites (tertiary alicyclic amines) is 1. The number of rotatable bonds is 2. The lowest BCUT2D eigenvalue weighted by molar-refractivity contribution is -0.122. The van der Waals surface area contributed by atoms with E-state index in [0.717, 1.165) is 13.0 Å². The summed E-state index contributed by atoms with van der Waals surface area (Å²) in [5.74, 6) is 0.0219. The van der Waals surface area contributed by atoms with Crippen molar-refractivity contribution in [1.82, 2.24) is 10.2 Å². The molecule has 1 aliphatic heterocycles. The molecule has 1 aliphatic rings. The van der Waals surface area contributed by atoms with Gasteiger partial charge in [0.15, 0.2) is 0 Å². The lowest BCUT2D eigenvalue weighted by Gasteiger charge is -2.33. The van der Waals surface area contributed by atoms with Gasteiger partial charge in [-0.1, -0.05) is 6.92 Å². The summed E-state index contributed by atoms with van der Waals surface area (Å²) in [4.78, 5) is 13.1. The molecule has 76 valence electrons. The molecular weight excluding hydrogens is 168 g/mol. The van der Waals surface area contributed by atoms with Crippen molar-refractivity contribution in [2.45, 2.75) is 31.9 Å². The van der Waals surface area contributed by atoms with Gasteiger partial charge in [-0.15, -0.1) is 0 Å². The molecular formula is C9H18N2O2. The van der Waals surface area contributed by atoms with Crippen molar-refractivity contribution in [3.63, 3.8) is 0 Å². The Morgan fingerprint density at radius 2 is 2.38 bits per heavy atom. The Kier molecular flexibility index (Phi) is 3.69. The van der Waals surface area contributed by atoms with E-state index in [1.54, 1.807) is 0 Å². The SMILES string of the molecule is CCC(=O)NC1CCN(C)CC1O. The van der Waals surface area contributed by atoms with Crippen LogP contribution in [0.3, 0.4) is 0 Å². The standard InChI is InChI=1S/C9H18N2O2/c1-3-9(13)10-7-4-5-11(2)6-8(7)12/h7-8,12H,3-6H2,1-2H3,(H,10,13). The van der Waals surface area contributed by atoms with Crippen LogP contribution in [-0.2, 0) is 4.79 Å². The number of nitrogens with one attached hydrogen (secondary N) is 1. The number of aliphatic hydroxyl groups is 1. The molecule has 2 unspecified atom stereocenters. The van der Waals surface area contributed by atoms with Gasteiger partial charge in [0.2, 0.25) is 5.91 Å². The highest BCUT2D eigenvalue weighted by molar-refractivity contribution is 5.75. The molecule has 2 atom stereocenters. The molecule has 1 heterocycles. The second-order valence-electron chi connectivity index (χ2n) is 3.65. The van der Waals surface area contributed by atoms with Crippen LogP contribution < -0.4 is 5.32 Å². The maximum absolute atomic E-state index is 11.1. The number of carbonyl (C=O) groups is 1. The second kappa shape index (κ2) is 4.58.